The fourth-order valence-corrected chi connectivity index (χ4v) is 4.11. The van der Waals surface area contributed by atoms with Crippen molar-refractivity contribution in [1.82, 2.24) is 24.8 Å². The topological polar surface area (TPSA) is 62.5 Å². The van der Waals surface area contributed by atoms with Crippen LogP contribution < -0.4 is 5.32 Å². The molecule has 6 nitrogen and oxygen atoms in total. The van der Waals surface area contributed by atoms with Gasteiger partial charge in [0.1, 0.15) is 11.5 Å². The van der Waals surface area contributed by atoms with Gasteiger partial charge in [-0.2, -0.15) is 5.10 Å². The van der Waals surface area contributed by atoms with Crippen molar-refractivity contribution in [3.8, 4) is 11.3 Å². The predicted octanol–water partition coefficient (Wildman–Crippen LogP) is 4.05. The second kappa shape index (κ2) is 7.71. The number of nitrogens with one attached hydrogen (secondary N) is 1. The molecule has 1 N–H and O–H groups in total. The van der Waals surface area contributed by atoms with Crippen molar-refractivity contribution in [3.05, 3.63) is 53.6 Å². The second-order valence-corrected chi connectivity index (χ2v) is 9.58. The predicted molar refractivity (Wildman–Crippen MR) is 120 cm³/mol. The molecular weight excluding hydrogens is 393 g/mol. The van der Waals surface area contributed by atoms with Crippen LogP contribution in [0.2, 0.25) is 0 Å². The van der Waals surface area contributed by atoms with Crippen LogP contribution >= 0.6 is 0 Å². The van der Waals surface area contributed by atoms with Crippen molar-refractivity contribution in [1.29, 1.82) is 0 Å². The minimum atomic E-state index is -0.286. The summed E-state index contributed by atoms with van der Waals surface area (Å²) in [6, 6.07) is 8.27. The van der Waals surface area contributed by atoms with Gasteiger partial charge in [-0.15, -0.1) is 0 Å². The third-order valence-electron chi connectivity index (χ3n) is 6.27. The average Bonchev–Trinajstić information content (AvgIpc) is 3.17. The van der Waals surface area contributed by atoms with Gasteiger partial charge in [0.05, 0.1) is 17.4 Å². The highest BCUT2D eigenvalue weighted by Crippen LogP contribution is 2.31. The van der Waals surface area contributed by atoms with Gasteiger partial charge >= 0.3 is 0 Å². The smallest absolute Gasteiger partial charge is 0.274 e. The van der Waals surface area contributed by atoms with Gasteiger partial charge in [0, 0.05) is 30.8 Å². The van der Waals surface area contributed by atoms with Crippen LogP contribution in [-0.2, 0) is 5.41 Å². The van der Waals surface area contributed by atoms with Crippen LogP contribution in [0.25, 0.3) is 16.9 Å². The van der Waals surface area contributed by atoms with Crippen LogP contribution in [0.4, 0.5) is 4.39 Å². The summed E-state index contributed by atoms with van der Waals surface area (Å²) in [7, 11) is 0. The highest BCUT2D eigenvalue weighted by atomic mass is 19.1. The summed E-state index contributed by atoms with van der Waals surface area (Å²) in [5.41, 5.74) is 3.14. The van der Waals surface area contributed by atoms with E-state index in [9.17, 15) is 9.18 Å². The van der Waals surface area contributed by atoms with Gasteiger partial charge < -0.3 is 10.2 Å². The molecule has 0 bridgehead atoms. The van der Waals surface area contributed by atoms with Crippen molar-refractivity contribution in [2.24, 2.45) is 0 Å². The molecule has 1 aliphatic rings. The highest BCUT2D eigenvalue weighted by molar-refractivity contribution is 5.93. The fraction of sp³-hybridized carbons (Fsp3) is 0.458. The van der Waals surface area contributed by atoms with E-state index in [1.807, 2.05) is 11.0 Å². The van der Waals surface area contributed by atoms with Crippen molar-refractivity contribution in [2.75, 3.05) is 19.6 Å². The zero-order chi connectivity index (χ0) is 22.4. The number of amides is 1. The third kappa shape index (κ3) is 3.94. The van der Waals surface area contributed by atoms with E-state index in [2.05, 4.69) is 39.9 Å². The maximum Gasteiger partial charge on any atom is 0.274 e. The number of benzene rings is 1. The zero-order valence-corrected chi connectivity index (χ0v) is 18.9. The number of aromatic nitrogens is 3. The molecule has 4 rings (SSSR count). The number of carbonyl (C=O) groups excluding carboxylic acids is 1. The van der Waals surface area contributed by atoms with Crippen molar-refractivity contribution < 1.29 is 9.18 Å². The van der Waals surface area contributed by atoms with Gasteiger partial charge in [0.15, 0.2) is 5.65 Å². The summed E-state index contributed by atoms with van der Waals surface area (Å²) in [4.78, 5) is 20.1. The van der Waals surface area contributed by atoms with E-state index in [1.54, 1.807) is 22.8 Å². The van der Waals surface area contributed by atoms with Gasteiger partial charge in [0.2, 0.25) is 0 Å². The lowest BCUT2D eigenvalue weighted by atomic mass is 9.87. The number of hydrogen-bond donors (Lipinski definition) is 1. The van der Waals surface area contributed by atoms with Crippen LogP contribution in [-0.4, -0.2) is 50.6 Å². The van der Waals surface area contributed by atoms with Gasteiger partial charge in [-0.05, 0) is 49.1 Å². The second-order valence-electron chi connectivity index (χ2n) is 9.58. The maximum atomic E-state index is 13.5. The summed E-state index contributed by atoms with van der Waals surface area (Å²) < 4.78 is 15.1. The molecule has 1 aromatic carbocycles. The summed E-state index contributed by atoms with van der Waals surface area (Å²) in [6.45, 7) is 12.7. The normalized spacial score (nSPS) is 19.7. The molecule has 0 aliphatic carbocycles. The molecule has 0 saturated carbocycles. The molecule has 31 heavy (non-hydrogen) atoms. The Morgan fingerprint density at radius 3 is 2.61 bits per heavy atom. The lowest BCUT2D eigenvalue weighted by molar-refractivity contribution is 0.0409. The summed E-state index contributed by atoms with van der Waals surface area (Å²) in [6.07, 6.45) is 2.58. The Labute approximate surface area is 182 Å². The molecule has 1 saturated heterocycles. The molecule has 3 heterocycles. The molecule has 0 radical (unpaired) electrons. The average molecular weight is 424 g/mol. The first kappa shape index (κ1) is 21.4. The molecule has 1 fully saturated rings. The monoisotopic (exact) mass is 423 g/mol. The number of rotatable bonds is 3. The minimum Gasteiger partial charge on any atom is -0.329 e. The maximum absolute atomic E-state index is 13.5. The SMILES string of the molecule is CCC1(C)CNCCN1C(=O)c1cn2nc(-c3ccc(F)cc3)cc(C(C)(C)C)c2n1. The van der Waals surface area contributed by atoms with Crippen LogP contribution in [0, 0.1) is 5.82 Å². The first-order valence-corrected chi connectivity index (χ1v) is 10.8. The van der Waals surface area contributed by atoms with Crippen molar-refractivity contribution in [2.45, 2.75) is 52.0 Å². The van der Waals surface area contributed by atoms with E-state index >= 15 is 0 Å². The number of piperazine rings is 1. The van der Waals surface area contributed by atoms with E-state index in [1.165, 1.54) is 12.1 Å². The Hall–Kier alpha value is -2.80. The molecule has 1 atom stereocenters. The Bertz CT molecular complexity index is 1120. The first-order valence-electron chi connectivity index (χ1n) is 10.8. The Morgan fingerprint density at radius 1 is 1.26 bits per heavy atom. The molecule has 1 aliphatic heterocycles. The third-order valence-corrected chi connectivity index (χ3v) is 6.27. The van der Waals surface area contributed by atoms with E-state index < -0.39 is 0 Å². The lowest BCUT2D eigenvalue weighted by Crippen LogP contribution is -2.61. The highest BCUT2D eigenvalue weighted by Gasteiger charge is 2.37. The van der Waals surface area contributed by atoms with Crippen LogP contribution in [0.3, 0.4) is 0 Å². The molecule has 7 heteroatoms. The number of carbonyl (C=O) groups is 1. The van der Waals surface area contributed by atoms with E-state index in [0.29, 0.717) is 17.9 Å². The number of nitrogens with zero attached hydrogens (tertiary/aromatic N) is 4. The number of hydrogen-bond acceptors (Lipinski definition) is 4. The first-order chi connectivity index (χ1) is 14.6. The summed E-state index contributed by atoms with van der Waals surface area (Å²) >= 11 is 0. The van der Waals surface area contributed by atoms with Crippen LogP contribution in [0.15, 0.2) is 36.5 Å². The van der Waals surface area contributed by atoms with E-state index in [-0.39, 0.29) is 22.7 Å². The lowest BCUT2D eigenvalue weighted by Gasteiger charge is -2.44. The number of imidazole rings is 1. The zero-order valence-electron chi connectivity index (χ0n) is 18.9. The molecule has 164 valence electrons. The van der Waals surface area contributed by atoms with Gasteiger partial charge in [-0.3, -0.25) is 4.79 Å². The quantitative estimate of drug-likeness (QED) is 0.690. The van der Waals surface area contributed by atoms with Gasteiger partial charge in [-0.25, -0.2) is 13.9 Å². The van der Waals surface area contributed by atoms with Gasteiger partial charge in [0.25, 0.3) is 5.91 Å². The molecule has 1 unspecified atom stereocenters. The Morgan fingerprint density at radius 2 is 1.97 bits per heavy atom. The molecular formula is C24H30FN5O. The van der Waals surface area contributed by atoms with Crippen LogP contribution in [0.5, 0.6) is 0 Å². The Balaban J connectivity index is 1.82. The molecule has 2 aromatic heterocycles. The minimum absolute atomic E-state index is 0.0699. The number of halogens is 1. The number of fused-ring (bicyclic) bond motifs is 1. The van der Waals surface area contributed by atoms with Crippen LogP contribution in [0.1, 0.15) is 57.1 Å². The standard InChI is InChI=1S/C24H30FN5O/c1-6-24(5)15-26-11-12-29(24)22(31)20-14-30-21(27-20)18(23(2,3)4)13-19(28-30)16-7-9-17(25)10-8-16/h7-10,13-14,26H,6,11-12,15H2,1-5H3. The van der Waals surface area contributed by atoms with Gasteiger partial charge in [-0.1, -0.05) is 27.7 Å². The van der Waals surface area contributed by atoms with Crippen molar-refractivity contribution in [3.63, 3.8) is 0 Å². The fourth-order valence-electron chi connectivity index (χ4n) is 4.11. The van der Waals surface area contributed by atoms with E-state index in [4.69, 9.17) is 10.1 Å². The van der Waals surface area contributed by atoms with E-state index in [0.717, 1.165) is 36.3 Å². The Kier molecular flexibility index (Phi) is 5.33. The largest absolute Gasteiger partial charge is 0.329 e. The molecule has 3 aromatic rings. The molecule has 1 amide bonds. The van der Waals surface area contributed by atoms with Crippen molar-refractivity contribution >= 4 is 11.6 Å². The summed E-state index contributed by atoms with van der Waals surface area (Å²) in [5, 5.41) is 8.09. The summed E-state index contributed by atoms with van der Waals surface area (Å²) in [5.74, 6) is -0.356. The molecule has 0 spiro atoms.